The Balaban J connectivity index is 0.000000339. The lowest BCUT2D eigenvalue weighted by Crippen LogP contribution is -2.13. The van der Waals surface area contributed by atoms with Gasteiger partial charge in [0.05, 0.1) is 0 Å². The molecule has 0 N–H and O–H groups in total. The zero-order valence-corrected chi connectivity index (χ0v) is 38.0. The second kappa shape index (κ2) is 20.8. The molecule has 0 saturated carbocycles. The maximum absolute atomic E-state index is 13.3. The van der Waals surface area contributed by atoms with Gasteiger partial charge in [0.15, 0.2) is 0 Å². The van der Waals surface area contributed by atoms with Gasteiger partial charge < -0.3 is 4.90 Å². The summed E-state index contributed by atoms with van der Waals surface area (Å²) in [5.41, 5.74) is 8.25. The van der Waals surface area contributed by atoms with E-state index in [9.17, 15) is 4.39 Å². The molecule has 5 aromatic rings. The highest BCUT2D eigenvalue weighted by Crippen LogP contribution is 2.27. The van der Waals surface area contributed by atoms with Crippen LogP contribution in [0.4, 0.5) is 10.1 Å². The first-order chi connectivity index (χ1) is 24.6. The highest BCUT2D eigenvalue weighted by atomic mass is 32.1. The second-order valence-corrected chi connectivity index (χ2v) is 20.2. The van der Waals surface area contributed by atoms with Crippen LogP contribution in [-0.4, -0.2) is 19.1 Å². The van der Waals surface area contributed by atoms with Crippen molar-refractivity contribution >= 4 is 17.0 Å². The summed E-state index contributed by atoms with van der Waals surface area (Å²) in [4.78, 5) is 7.63. The molecule has 2 nitrogen and oxygen atoms in total. The Kier molecular flexibility index (Phi) is 18.6. The first kappa shape index (κ1) is 48.3. The molecule has 0 spiro atoms. The van der Waals surface area contributed by atoms with E-state index in [0.717, 1.165) is 11.1 Å². The minimum Gasteiger partial charge on any atom is -0.378 e. The summed E-state index contributed by atoms with van der Waals surface area (Å²) in [5.74, 6) is -0.104. The number of nitrogens with zero attached hydrogens (tertiary/aromatic N) is 2. The third-order valence-electron chi connectivity index (χ3n) is 8.61. The predicted molar refractivity (Wildman–Crippen MR) is 240 cm³/mol. The van der Waals surface area contributed by atoms with Crippen LogP contribution in [0.5, 0.6) is 0 Å². The van der Waals surface area contributed by atoms with Crippen LogP contribution in [-0.2, 0) is 27.1 Å². The van der Waals surface area contributed by atoms with Gasteiger partial charge in [-0.2, -0.15) is 0 Å². The van der Waals surface area contributed by atoms with Crippen LogP contribution in [0.1, 0.15) is 137 Å². The molecule has 0 aliphatic carbocycles. The van der Waals surface area contributed by atoms with E-state index in [1.807, 2.05) is 57.4 Å². The Hall–Kier alpha value is -3.76. The Morgan fingerprint density at radius 2 is 1.02 bits per heavy atom. The summed E-state index contributed by atoms with van der Waals surface area (Å²) < 4.78 is 13.3. The van der Waals surface area contributed by atoms with E-state index in [1.54, 1.807) is 12.3 Å². The number of thiophene rings is 1. The number of anilines is 1. The van der Waals surface area contributed by atoms with Crippen molar-refractivity contribution in [1.29, 1.82) is 0 Å². The molecule has 0 unspecified atom stereocenters. The van der Waals surface area contributed by atoms with Crippen molar-refractivity contribution < 1.29 is 4.39 Å². The number of aryl methyl sites for hydroxylation is 1. The third kappa shape index (κ3) is 18.5. The number of pyridine rings is 1. The van der Waals surface area contributed by atoms with Crippen LogP contribution in [0.25, 0.3) is 0 Å². The molecule has 5 rings (SSSR count). The van der Waals surface area contributed by atoms with Crippen molar-refractivity contribution in [3.8, 4) is 0 Å². The fourth-order valence-electron chi connectivity index (χ4n) is 4.92. The van der Waals surface area contributed by atoms with Gasteiger partial charge >= 0.3 is 0 Å². The van der Waals surface area contributed by atoms with Crippen LogP contribution in [0.15, 0.2) is 115 Å². The van der Waals surface area contributed by atoms with Crippen molar-refractivity contribution in [2.45, 2.75) is 138 Å². The molecule has 0 amide bonds. The van der Waals surface area contributed by atoms with Gasteiger partial charge in [0.2, 0.25) is 0 Å². The largest absolute Gasteiger partial charge is 0.378 e. The van der Waals surface area contributed by atoms with Gasteiger partial charge in [-0.05, 0) is 92.0 Å². The smallest absolute Gasteiger partial charge is 0.126 e. The molecule has 2 heterocycles. The Labute approximate surface area is 335 Å². The quantitative estimate of drug-likeness (QED) is 0.169. The maximum Gasteiger partial charge on any atom is 0.126 e. The first-order valence-corrected chi connectivity index (χ1v) is 20.1. The fourth-order valence-corrected chi connectivity index (χ4v) is 5.74. The van der Waals surface area contributed by atoms with Crippen LogP contribution in [0, 0.1) is 12.7 Å². The normalized spacial score (nSPS) is 11.6. The second-order valence-electron chi connectivity index (χ2n) is 19.3. The van der Waals surface area contributed by atoms with E-state index in [2.05, 4.69) is 185 Å². The predicted octanol–water partition coefficient (Wildman–Crippen LogP) is 14.9. The average Bonchev–Trinajstić information content (AvgIpc) is 3.63. The van der Waals surface area contributed by atoms with Crippen LogP contribution in [0.2, 0.25) is 0 Å². The monoisotopic (exact) mass is 753 g/mol. The molecule has 296 valence electrons. The number of hydrogen-bond acceptors (Lipinski definition) is 3. The molecule has 0 bridgehead atoms. The maximum atomic E-state index is 13.3. The number of rotatable bonds is 1. The van der Waals surface area contributed by atoms with Crippen molar-refractivity contribution in [3.05, 3.63) is 153 Å². The summed E-state index contributed by atoms with van der Waals surface area (Å²) in [5, 5.41) is 2.13. The van der Waals surface area contributed by atoms with Gasteiger partial charge in [0.1, 0.15) is 5.82 Å². The molecule has 3 aromatic carbocycles. The summed E-state index contributed by atoms with van der Waals surface area (Å²) in [7, 11) is 4.12. The van der Waals surface area contributed by atoms with Crippen LogP contribution in [0.3, 0.4) is 0 Å². The lowest BCUT2D eigenvalue weighted by molar-refractivity contribution is 0.522. The van der Waals surface area contributed by atoms with Gasteiger partial charge in [-0.1, -0.05) is 176 Å². The molecule has 0 aliphatic rings. The SMILES string of the molecule is CC(C)(C)c1ccccc1.CC(C)(C)c1cccnc1.CC(C)(C)c1cccs1.CN(C)c1ccc(C(C)(C)C)cc1.Cc1ccc(F)c(C(C)(C)C)c1. The molecular weight excluding hydrogens is 680 g/mol. The highest BCUT2D eigenvalue weighted by Gasteiger charge is 2.18. The van der Waals surface area contributed by atoms with Crippen LogP contribution < -0.4 is 4.90 Å². The Bertz CT molecular complexity index is 1670. The van der Waals surface area contributed by atoms with Gasteiger partial charge in [0.25, 0.3) is 0 Å². The zero-order valence-electron chi connectivity index (χ0n) is 37.2. The lowest BCUT2D eigenvalue weighted by Gasteiger charge is -2.20. The molecule has 4 heteroatoms. The summed E-state index contributed by atoms with van der Waals surface area (Å²) in [6.07, 6.45) is 3.72. The topological polar surface area (TPSA) is 16.1 Å². The molecule has 0 fully saturated rings. The Morgan fingerprint density at radius 3 is 1.33 bits per heavy atom. The molecule has 54 heavy (non-hydrogen) atoms. The summed E-state index contributed by atoms with van der Waals surface area (Å²) >= 11 is 1.83. The fraction of sp³-hybridized carbons (Fsp3) is 0.460. The molecule has 0 radical (unpaired) electrons. The lowest BCUT2D eigenvalue weighted by atomic mass is 9.86. The number of hydrogen-bond donors (Lipinski definition) is 0. The van der Waals surface area contributed by atoms with Gasteiger partial charge in [-0.3, -0.25) is 4.98 Å². The van der Waals surface area contributed by atoms with E-state index in [0.29, 0.717) is 10.8 Å². The minimum atomic E-state index is -0.104. The number of aromatic nitrogens is 1. The minimum absolute atomic E-state index is 0.101. The third-order valence-corrected chi connectivity index (χ3v) is 9.90. The molecular formula is C50H73FN2S. The summed E-state index contributed by atoms with van der Waals surface area (Å²) in [6.45, 7) is 34.7. The van der Waals surface area contributed by atoms with E-state index >= 15 is 0 Å². The zero-order chi connectivity index (χ0) is 41.5. The molecule has 0 atom stereocenters. The highest BCUT2D eigenvalue weighted by molar-refractivity contribution is 7.10. The van der Waals surface area contributed by atoms with Crippen molar-refractivity contribution in [2.75, 3.05) is 19.0 Å². The number of benzene rings is 3. The Morgan fingerprint density at radius 1 is 0.519 bits per heavy atom. The van der Waals surface area contributed by atoms with Gasteiger partial charge in [0, 0.05) is 37.1 Å². The van der Waals surface area contributed by atoms with Gasteiger partial charge in [-0.25, -0.2) is 4.39 Å². The van der Waals surface area contributed by atoms with E-state index in [4.69, 9.17) is 0 Å². The van der Waals surface area contributed by atoms with E-state index < -0.39 is 0 Å². The van der Waals surface area contributed by atoms with Gasteiger partial charge in [-0.15, -0.1) is 11.3 Å². The van der Waals surface area contributed by atoms with E-state index in [-0.39, 0.29) is 22.1 Å². The first-order valence-electron chi connectivity index (χ1n) is 19.2. The standard InChI is InChI=1S/C12H19N.C11H15F.C10H14.C9H13N.C8H12S/c1-12(2,3)10-6-8-11(9-7-10)13(4)5;1-8-5-6-10(12)9(7-8)11(2,3)4;1-10(2,3)9-7-5-4-6-8-9;1-9(2,3)8-5-4-6-10-7-8;1-8(2,3)7-5-4-6-9-7/h6-9H,1-5H3;5-7H,1-4H3;4-8H,1-3H3;4-7H,1-3H3;4-6H,1-3H3. The van der Waals surface area contributed by atoms with Crippen molar-refractivity contribution in [2.24, 2.45) is 0 Å². The molecule has 0 aliphatic heterocycles. The van der Waals surface area contributed by atoms with Crippen LogP contribution >= 0.6 is 11.3 Å². The summed E-state index contributed by atoms with van der Waals surface area (Å²) in [6, 6.07) is 32.9. The average molecular weight is 753 g/mol. The van der Waals surface area contributed by atoms with Crippen molar-refractivity contribution in [3.63, 3.8) is 0 Å². The molecule has 2 aromatic heterocycles. The van der Waals surface area contributed by atoms with E-state index in [1.165, 1.54) is 33.3 Å². The van der Waals surface area contributed by atoms with Crippen molar-refractivity contribution in [1.82, 2.24) is 4.98 Å². The number of halogens is 1. The molecule has 0 saturated heterocycles.